The van der Waals surface area contributed by atoms with E-state index in [-0.39, 0.29) is 18.3 Å². The van der Waals surface area contributed by atoms with Gasteiger partial charge in [0.2, 0.25) is 0 Å². The quantitative estimate of drug-likeness (QED) is 0.279. The summed E-state index contributed by atoms with van der Waals surface area (Å²) in [6, 6.07) is 6.60. The standard InChI is InChI=1S/C13H20N4O3/c1-17(2)8-7-15-12(18)9-20-11-5-3-10(4-6-11)13(14)16-19/h3-6,19H,7-9H2,1-2H3,(H2,14,16)(H,15,18). The molecule has 1 amide bonds. The average molecular weight is 280 g/mol. The number of rotatable bonds is 7. The van der Waals surface area contributed by atoms with Crippen LogP contribution in [0, 0.1) is 0 Å². The van der Waals surface area contributed by atoms with Gasteiger partial charge >= 0.3 is 0 Å². The molecular weight excluding hydrogens is 260 g/mol. The molecule has 7 heteroatoms. The van der Waals surface area contributed by atoms with Crippen LogP contribution in [0.4, 0.5) is 0 Å². The number of amidine groups is 1. The summed E-state index contributed by atoms with van der Waals surface area (Å²) in [7, 11) is 3.87. The average Bonchev–Trinajstić information content (AvgIpc) is 2.44. The summed E-state index contributed by atoms with van der Waals surface area (Å²) in [6.07, 6.45) is 0. The van der Waals surface area contributed by atoms with Gasteiger partial charge in [-0.05, 0) is 38.4 Å². The summed E-state index contributed by atoms with van der Waals surface area (Å²) in [5.74, 6) is 0.396. The van der Waals surface area contributed by atoms with Gasteiger partial charge in [-0.15, -0.1) is 0 Å². The highest BCUT2D eigenvalue weighted by Gasteiger charge is 2.03. The Bertz CT molecular complexity index is 457. The Hall–Kier alpha value is -2.28. The van der Waals surface area contributed by atoms with Gasteiger partial charge in [-0.25, -0.2) is 0 Å². The Morgan fingerprint density at radius 2 is 2.05 bits per heavy atom. The number of carbonyl (C=O) groups excluding carboxylic acids is 1. The molecule has 0 spiro atoms. The number of oxime groups is 1. The van der Waals surface area contributed by atoms with Gasteiger partial charge in [-0.3, -0.25) is 4.79 Å². The van der Waals surface area contributed by atoms with E-state index in [1.807, 2.05) is 19.0 Å². The van der Waals surface area contributed by atoms with Crippen LogP contribution in [-0.4, -0.2) is 55.6 Å². The number of nitrogens with zero attached hydrogens (tertiary/aromatic N) is 2. The molecule has 0 aliphatic heterocycles. The second-order valence-corrected chi connectivity index (χ2v) is 4.45. The zero-order valence-corrected chi connectivity index (χ0v) is 11.7. The lowest BCUT2D eigenvalue weighted by Crippen LogP contribution is -2.34. The molecule has 0 saturated carbocycles. The van der Waals surface area contributed by atoms with Crippen molar-refractivity contribution in [3.05, 3.63) is 29.8 Å². The molecule has 0 fully saturated rings. The summed E-state index contributed by atoms with van der Waals surface area (Å²) in [5.41, 5.74) is 6.02. The molecule has 0 aliphatic rings. The van der Waals surface area contributed by atoms with Crippen LogP contribution in [0.15, 0.2) is 29.4 Å². The number of nitrogens with two attached hydrogens (primary N) is 1. The molecule has 0 saturated heterocycles. The normalized spacial score (nSPS) is 11.4. The van der Waals surface area contributed by atoms with Gasteiger partial charge in [0.25, 0.3) is 5.91 Å². The number of hydrogen-bond acceptors (Lipinski definition) is 5. The minimum atomic E-state index is -0.174. The molecule has 0 atom stereocenters. The van der Waals surface area contributed by atoms with E-state index in [0.29, 0.717) is 17.9 Å². The van der Waals surface area contributed by atoms with Crippen molar-refractivity contribution in [2.75, 3.05) is 33.8 Å². The number of carbonyl (C=O) groups is 1. The van der Waals surface area contributed by atoms with E-state index in [2.05, 4.69) is 10.5 Å². The van der Waals surface area contributed by atoms with Crippen molar-refractivity contribution in [3.8, 4) is 5.75 Å². The molecule has 0 unspecified atom stereocenters. The Morgan fingerprint density at radius 3 is 2.60 bits per heavy atom. The van der Waals surface area contributed by atoms with Crippen LogP contribution in [0.2, 0.25) is 0 Å². The predicted molar refractivity (Wildman–Crippen MR) is 76.0 cm³/mol. The van der Waals surface area contributed by atoms with Crippen molar-refractivity contribution in [1.82, 2.24) is 10.2 Å². The molecule has 1 aromatic carbocycles. The molecular formula is C13H20N4O3. The van der Waals surface area contributed by atoms with E-state index < -0.39 is 0 Å². The maximum absolute atomic E-state index is 11.5. The molecule has 110 valence electrons. The molecule has 0 radical (unpaired) electrons. The second-order valence-electron chi connectivity index (χ2n) is 4.45. The number of nitrogens with one attached hydrogen (secondary N) is 1. The van der Waals surface area contributed by atoms with Crippen LogP contribution in [0.25, 0.3) is 0 Å². The van der Waals surface area contributed by atoms with Crippen molar-refractivity contribution in [2.24, 2.45) is 10.9 Å². The first-order valence-corrected chi connectivity index (χ1v) is 6.15. The number of benzene rings is 1. The Morgan fingerprint density at radius 1 is 1.40 bits per heavy atom. The van der Waals surface area contributed by atoms with Crippen molar-refractivity contribution in [2.45, 2.75) is 0 Å². The molecule has 0 heterocycles. The number of likely N-dealkylation sites (N-methyl/N-ethyl adjacent to an activating group) is 1. The van der Waals surface area contributed by atoms with Gasteiger partial charge in [0.05, 0.1) is 0 Å². The first-order valence-electron chi connectivity index (χ1n) is 6.15. The summed E-state index contributed by atoms with van der Waals surface area (Å²) < 4.78 is 5.32. The summed E-state index contributed by atoms with van der Waals surface area (Å²) in [5, 5.41) is 14.2. The lowest BCUT2D eigenvalue weighted by Gasteiger charge is -2.11. The third-order valence-corrected chi connectivity index (χ3v) is 2.51. The third kappa shape index (κ3) is 5.57. The lowest BCUT2D eigenvalue weighted by atomic mass is 10.2. The highest BCUT2D eigenvalue weighted by Crippen LogP contribution is 2.11. The fourth-order valence-electron chi connectivity index (χ4n) is 1.40. The minimum absolute atomic E-state index is 0.0259. The molecule has 7 nitrogen and oxygen atoms in total. The van der Waals surface area contributed by atoms with Gasteiger partial charge in [0.15, 0.2) is 12.4 Å². The number of hydrogen-bond donors (Lipinski definition) is 3. The highest BCUT2D eigenvalue weighted by molar-refractivity contribution is 5.97. The van der Waals surface area contributed by atoms with Crippen molar-refractivity contribution < 1.29 is 14.7 Å². The van der Waals surface area contributed by atoms with Gasteiger partial charge in [0.1, 0.15) is 5.75 Å². The zero-order chi connectivity index (χ0) is 15.0. The van der Waals surface area contributed by atoms with Crippen molar-refractivity contribution in [3.63, 3.8) is 0 Å². The van der Waals surface area contributed by atoms with Crippen LogP contribution in [0.3, 0.4) is 0 Å². The van der Waals surface area contributed by atoms with Crippen LogP contribution < -0.4 is 15.8 Å². The van der Waals surface area contributed by atoms with E-state index in [1.54, 1.807) is 24.3 Å². The van der Waals surface area contributed by atoms with E-state index in [0.717, 1.165) is 6.54 Å². The summed E-state index contributed by atoms with van der Waals surface area (Å²) in [6.45, 7) is 1.31. The van der Waals surface area contributed by atoms with E-state index in [9.17, 15) is 4.79 Å². The van der Waals surface area contributed by atoms with Crippen LogP contribution in [0.1, 0.15) is 5.56 Å². The number of amides is 1. The molecule has 0 bridgehead atoms. The van der Waals surface area contributed by atoms with Gasteiger partial charge in [-0.2, -0.15) is 0 Å². The van der Waals surface area contributed by atoms with E-state index >= 15 is 0 Å². The highest BCUT2D eigenvalue weighted by atomic mass is 16.5. The first kappa shape index (κ1) is 15.8. The van der Waals surface area contributed by atoms with E-state index in [4.69, 9.17) is 15.7 Å². The van der Waals surface area contributed by atoms with Crippen LogP contribution in [-0.2, 0) is 4.79 Å². The molecule has 4 N–H and O–H groups in total. The monoisotopic (exact) mass is 280 g/mol. The maximum atomic E-state index is 11.5. The fourth-order valence-corrected chi connectivity index (χ4v) is 1.40. The molecule has 20 heavy (non-hydrogen) atoms. The molecule has 0 aromatic heterocycles. The SMILES string of the molecule is CN(C)CCNC(=O)COc1ccc(/C(N)=N/O)cc1. The second kappa shape index (κ2) is 8.00. The van der Waals surface area contributed by atoms with Crippen LogP contribution >= 0.6 is 0 Å². The topological polar surface area (TPSA) is 100 Å². The largest absolute Gasteiger partial charge is 0.484 e. The van der Waals surface area contributed by atoms with Gasteiger partial charge < -0.3 is 25.9 Å². The summed E-state index contributed by atoms with van der Waals surface area (Å²) >= 11 is 0. The van der Waals surface area contributed by atoms with Crippen LogP contribution in [0.5, 0.6) is 5.75 Å². The third-order valence-electron chi connectivity index (χ3n) is 2.51. The fraction of sp³-hybridized carbons (Fsp3) is 0.385. The number of ether oxygens (including phenoxy) is 1. The molecule has 0 aliphatic carbocycles. The minimum Gasteiger partial charge on any atom is -0.484 e. The van der Waals surface area contributed by atoms with E-state index in [1.165, 1.54) is 0 Å². The maximum Gasteiger partial charge on any atom is 0.257 e. The van der Waals surface area contributed by atoms with Gasteiger partial charge in [0, 0.05) is 18.7 Å². The zero-order valence-electron chi connectivity index (χ0n) is 11.7. The lowest BCUT2D eigenvalue weighted by molar-refractivity contribution is -0.123. The first-order chi connectivity index (χ1) is 9.52. The Labute approximate surface area is 118 Å². The predicted octanol–water partition coefficient (Wildman–Crippen LogP) is -0.162. The Kier molecular flexibility index (Phi) is 6.31. The van der Waals surface area contributed by atoms with Gasteiger partial charge in [-0.1, -0.05) is 5.16 Å². The molecule has 1 aromatic rings. The van der Waals surface area contributed by atoms with Crippen molar-refractivity contribution >= 4 is 11.7 Å². The molecule has 1 rings (SSSR count). The smallest absolute Gasteiger partial charge is 0.257 e. The summed E-state index contributed by atoms with van der Waals surface area (Å²) in [4.78, 5) is 13.5. The Balaban J connectivity index is 2.36. The van der Waals surface area contributed by atoms with Crippen molar-refractivity contribution in [1.29, 1.82) is 0 Å².